The normalized spacial score (nSPS) is 21.9. The van der Waals surface area contributed by atoms with Crippen LogP contribution < -0.4 is 15.4 Å². The lowest BCUT2D eigenvalue weighted by Gasteiger charge is -2.32. The van der Waals surface area contributed by atoms with E-state index in [0.717, 1.165) is 44.0 Å². The lowest BCUT2D eigenvalue weighted by Crippen LogP contribution is -2.48. The van der Waals surface area contributed by atoms with Crippen molar-refractivity contribution >= 4 is 5.91 Å². The van der Waals surface area contributed by atoms with Gasteiger partial charge in [-0.05, 0) is 31.7 Å². The van der Waals surface area contributed by atoms with E-state index in [2.05, 4.69) is 28.5 Å². The molecule has 1 aliphatic heterocycles. The van der Waals surface area contributed by atoms with Crippen molar-refractivity contribution in [2.24, 2.45) is 5.92 Å². The zero-order valence-corrected chi connectivity index (χ0v) is 13.9. The van der Waals surface area contributed by atoms with Crippen molar-refractivity contribution in [1.29, 1.82) is 0 Å². The molecule has 0 radical (unpaired) electrons. The average Bonchev–Trinajstić information content (AvgIpc) is 3.36. The second-order valence-corrected chi connectivity index (χ2v) is 6.73. The summed E-state index contributed by atoms with van der Waals surface area (Å²) in [6.45, 7) is 7.07. The number of carbonyl (C=O) groups is 1. The van der Waals surface area contributed by atoms with Gasteiger partial charge in [-0.3, -0.25) is 9.69 Å². The summed E-state index contributed by atoms with van der Waals surface area (Å²) in [6.07, 6.45) is 2.49. The highest BCUT2D eigenvalue weighted by Gasteiger charge is 2.22. The van der Waals surface area contributed by atoms with Crippen LogP contribution in [0.5, 0.6) is 5.75 Å². The number of rotatable bonds is 7. The van der Waals surface area contributed by atoms with Gasteiger partial charge in [0.2, 0.25) is 0 Å². The van der Waals surface area contributed by atoms with Crippen molar-refractivity contribution < 1.29 is 9.53 Å². The Hall–Kier alpha value is -1.59. The summed E-state index contributed by atoms with van der Waals surface area (Å²) in [5.74, 6) is 1.49. The van der Waals surface area contributed by atoms with Crippen molar-refractivity contribution in [2.75, 3.05) is 32.8 Å². The number of ether oxygens (including phenoxy) is 1. The molecular formula is C18H27N3O2. The van der Waals surface area contributed by atoms with Crippen LogP contribution in [0.15, 0.2) is 24.3 Å². The maximum absolute atomic E-state index is 11.8. The number of benzene rings is 1. The zero-order chi connectivity index (χ0) is 16.1. The highest BCUT2D eigenvalue weighted by molar-refractivity contribution is 5.77. The minimum atomic E-state index is -0.0255. The molecule has 126 valence electrons. The van der Waals surface area contributed by atoms with Gasteiger partial charge in [0.1, 0.15) is 5.75 Å². The van der Waals surface area contributed by atoms with E-state index >= 15 is 0 Å². The molecule has 0 aromatic heterocycles. The summed E-state index contributed by atoms with van der Waals surface area (Å²) in [7, 11) is 0. The van der Waals surface area contributed by atoms with Gasteiger partial charge in [0.25, 0.3) is 5.91 Å². The van der Waals surface area contributed by atoms with Crippen molar-refractivity contribution in [2.45, 2.75) is 32.4 Å². The van der Waals surface area contributed by atoms with Gasteiger partial charge in [-0.25, -0.2) is 0 Å². The average molecular weight is 317 g/mol. The Kier molecular flexibility index (Phi) is 5.51. The van der Waals surface area contributed by atoms with E-state index in [4.69, 9.17) is 4.74 Å². The fourth-order valence-electron chi connectivity index (χ4n) is 2.95. The molecule has 5 nitrogen and oxygen atoms in total. The van der Waals surface area contributed by atoms with Gasteiger partial charge in [-0.15, -0.1) is 0 Å². The molecule has 2 aliphatic rings. The van der Waals surface area contributed by atoms with Gasteiger partial charge in [-0.2, -0.15) is 0 Å². The Labute approximate surface area is 138 Å². The van der Waals surface area contributed by atoms with Crippen LogP contribution in [0.3, 0.4) is 0 Å². The fraction of sp³-hybridized carbons (Fsp3) is 0.611. The molecule has 23 heavy (non-hydrogen) atoms. The van der Waals surface area contributed by atoms with Crippen LogP contribution in [0.2, 0.25) is 0 Å². The summed E-state index contributed by atoms with van der Waals surface area (Å²) < 4.78 is 5.77. The molecule has 5 heteroatoms. The Morgan fingerprint density at radius 3 is 3.00 bits per heavy atom. The first kappa shape index (κ1) is 16.3. The van der Waals surface area contributed by atoms with Crippen LogP contribution in [0.25, 0.3) is 0 Å². The second kappa shape index (κ2) is 7.79. The Morgan fingerprint density at radius 1 is 1.39 bits per heavy atom. The molecule has 1 heterocycles. The number of amides is 1. The molecule has 1 aromatic rings. The van der Waals surface area contributed by atoms with Gasteiger partial charge in [0.15, 0.2) is 6.61 Å². The highest BCUT2D eigenvalue weighted by Crippen LogP contribution is 2.27. The molecule has 1 saturated carbocycles. The first-order valence-corrected chi connectivity index (χ1v) is 8.64. The highest BCUT2D eigenvalue weighted by atomic mass is 16.5. The summed E-state index contributed by atoms with van der Waals surface area (Å²) in [6, 6.07) is 8.55. The molecule has 1 saturated heterocycles. The monoisotopic (exact) mass is 317 g/mol. The molecule has 1 unspecified atom stereocenters. The number of hydrogen-bond acceptors (Lipinski definition) is 4. The lowest BCUT2D eigenvalue weighted by atomic mass is 10.1. The third kappa shape index (κ3) is 5.22. The zero-order valence-electron chi connectivity index (χ0n) is 13.9. The first-order valence-electron chi connectivity index (χ1n) is 8.64. The van der Waals surface area contributed by atoms with E-state index in [9.17, 15) is 4.79 Å². The Balaban J connectivity index is 1.51. The molecule has 1 amide bonds. The van der Waals surface area contributed by atoms with E-state index in [1.165, 1.54) is 12.8 Å². The van der Waals surface area contributed by atoms with Crippen LogP contribution >= 0.6 is 0 Å². The summed E-state index contributed by atoms with van der Waals surface area (Å²) in [5, 5.41) is 6.39. The number of hydrogen-bond donors (Lipinski definition) is 2. The van der Waals surface area contributed by atoms with Gasteiger partial charge >= 0.3 is 0 Å². The molecule has 3 rings (SSSR count). The molecule has 0 spiro atoms. The summed E-state index contributed by atoms with van der Waals surface area (Å²) in [5.41, 5.74) is 1.15. The van der Waals surface area contributed by atoms with Crippen LogP contribution in [0, 0.1) is 5.92 Å². The number of para-hydroxylation sites is 1. The predicted octanol–water partition coefficient (Wildman–Crippen LogP) is 1.39. The van der Waals surface area contributed by atoms with Gasteiger partial charge in [0, 0.05) is 44.3 Å². The number of nitrogens with one attached hydrogen (secondary N) is 2. The van der Waals surface area contributed by atoms with E-state index in [1.54, 1.807) is 0 Å². The van der Waals surface area contributed by atoms with Crippen LogP contribution in [0.1, 0.15) is 25.3 Å². The Bertz CT molecular complexity index is 531. The quantitative estimate of drug-likeness (QED) is 0.798. The molecule has 2 fully saturated rings. The fourth-order valence-corrected chi connectivity index (χ4v) is 2.95. The molecule has 1 aliphatic carbocycles. The van der Waals surface area contributed by atoms with E-state index < -0.39 is 0 Å². The van der Waals surface area contributed by atoms with Crippen molar-refractivity contribution in [3.63, 3.8) is 0 Å². The molecular weight excluding hydrogens is 290 g/mol. The first-order chi connectivity index (χ1) is 11.2. The minimum Gasteiger partial charge on any atom is -0.483 e. The number of nitrogens with zero attached hydrogens (tertiary/aromatic N) is 1. The van der Waals surface area contributed by atoms with Gasteiger partial charge in [0.05, 0.1) is 0 Å². The van der Waals surface area contributed by atoms with Gasteiger partial charge < -0.3 is 15.4 Å². The standard InChI is InChI=1S/C18H27N3O2/c1-14-11-21(9-8-19-14)12-16-4-2-3-5-17(16)23-13-18(22)20-10-15-6-7-15/h2-5,14-15,19H,6-13H2,1H3,(H,20,22). The lowest BCUT2D eigenvalue weighted by molar-refractivity contribution is -0.123. The molecule has 1 atom stereocenters. The second-order valence-electron chi connectivity index (χ2n) is 6.73. The SMILES string of the molecule is CC1CN(Cc2ccccc2OCC(=O)NCC2CC2)CCN1. The number of carbonyl (C=O) groups excluding carboxylic acids is 1. The third-order valence-corrected chi connectivity index (χ3v) is 4.46. The molecule has 2 N–H and O–H groups in total. The van der Waals surface area contributed by atoms with E-state index in [0.29, 0.717) is 12.0 Å². The predicted molar refractivity (Wildman–Crippen MR) is 90.4 cm³/mol. The van der Waals surface area contributed by atoms with Crippen molar-refractivity contribution in [1.82, 2.24) is 15.5 Å². The maximum Gasteiger partial charge on any atom is 0.257 e. The van der Waals surface area contributed by atoms with Crippen LogP contribution in [0.4, 0.5) is 0 Å². The van der Waals surface area contributed by atoms with E-state index in [-0.39, 0.29) is 12.5 Å². The van der Waals surface area contributed by atoms with Crippen LogP contribution in [-0.2, 0) is 11.3 Å². The van der Waals surface area contributed by atoms with Gasteiger partial charge in [-0.1, -0.05) is 18.2 Å². The topological polar surface area (TPSA) is 53.6 Å². The largest absolute Gasteiger partial charge is 0.483 e. The van der Waals surface area contributed by atoms with E-state index in [1.807, 2.05) is 18.2 Å². The molecule has 0 bridgehead atoms. The third-order valence-electron chi connectivity index (χ3n) is 4.46. The van der Waals surface area contributed by atoms with Crippen LogP contribution in [-0.4, -0.2) is 49.6 Å². The number of piperazine rings is 1. The summed E-state index contributed by atoms with van der Waals surface area (Å²) >= 11 is 0. The Morgan fingerprint density at radius 2 is 2.22 bits per heavy atom. The minimum absolute atomic E-state index is 0.0255. The summed E-state index contributed by atoms with van der Waals surface area (Å²) in [4.78, 5) is 14.3. The smallest absolute Gasteiger partial charge is 0.257 e. The maximum atomic E-state index is 11.8. The van der Waals surface area contributed by atoms with Crippen molar-refractivity contribution in [3.05, 3.63) is 29.8 Å². The molecule has 1 aromatic carbocycles. The van der Waals surface area contributed by atoms with Crippen molar-refractivity contribution in [3.8, 4) is 5.75 Å².